The van der Waals surface area contributed by atoms with E-state index in [9.17, 15) is 0 Å². The van der Waals surface area contributed by atoms with E-state index in [0.29, 0.717) is 6.04 Å². The molecule has 2 N–H and O–H groups in total. The zero-order chi connectivity index (χ0) is 16.2. The second kappa shape index (κ2) is 6.87. The van der Waals surface area contributed by atoms with Crippen molar-refractivity contribution in [2.75, 3.05) is 10.6 Å². The number of hydrogen-bond acceptors (Lipinski definition) is 4. The summed E-state index contributed by atoms with van der Waals surface area (Å²) in [5.41, 5.74) is 2.22. The molecule has 4 nitrogen and oxygen atoms in total. The quantitative estimate of drug-likeness (QED) is 0.722. The molecule has 1 aromatic heterocycles. The van der Waals surface area contributed by atoms with E-state index in [-0.39, 0.29) is 0 Å². The van der Waals surface area contributed by atoms with Crippen molar-refractivity contribution >= 4 is 22.7 Å². The third-order valence-electron chi connectivity index (χ3n) is 4.59. The number of benzene rings is 2. The molecule has 24 heavy (non-hydrogen) atoms. The molecule has 0 radical (unpaired) electrons. The van der Waals surface area contributed by atoms with Gasteiger partial charge in [0.05, 0.1) is 5.52 Å². The SMILES string of the molecule is c1ccc(CNc2nc(NC3CCCC3)nc3ccccc23)cc1. The van der Waals surface area contributed by atoms with Crippen molar-refractivity contribution in [3.63, 3.8) is 0 Å². The highest BCUT2D eigenvalue weighted by Gasteiger charge is 2.16. The van der Waals surface area contributed by atoms with Gasteiger partial charge in [0, 0.05) is 18.0 Å². The Labute approximate surface area is 142 Å². The Morgan fingerprint density at radius 2 is 1.62 bits per heavy atom. The lowest BCUT2D eigenvalue weighted by molar-refractivity contribution is 0.745. The van der Waals surface area contributed by atoms with Crippen molar-refractivity contribution in [2.24, 2.45) is 0 Å². The summed E-state index contributed by atoms with van der Waals surface area (Å²) in [5.74, 6) is 1.63. The maximum absolute atomic E-state index is 4.75. The first-order chi connectivity index (χ1) is 11.9. The van der Waals surface area contributed by atoms with Crippen molar-refractivity contribution < 1.29 is 0 Å². The molecule has 0 aliphatic heterocycles. The van der Waals surface area contributed by atoms with Gasteiger partial charge in [0.15, 0.2) is 0 Å². The van der Waals surface area contributed by atoms with Crippen LogP contribution in [0.25, 0.3) is 10.9 Å². The van der Waals surface area contributed by atoms with Gasteiger partial charge in [-0.05, 0) is 30.5 Å². The predicted octanol–water partition coefficient (Wildman–Crippen LogP) is 4.60. The van der Waals surface area contributed by atoms with Gasteiger partial charge in [-0.3, -0.25) is 0 Å². The normalized spacial score (nSPS) is 14.8. The van der Waals surface area contributed by atoms with Crippen LogP contribution in [0.3, 0.4) is 0 Å². The van der Waals surface area contributed by atoms with Crippen LogP contribution >= 0.6 is 0 Å². The smallest absolute Gasteiger partial charge is 0.225 e. The van der Waals surface area contributed by atoms with E-state index < -0.39 is 0 Å². The molecular weight excluding hydrogens is 296 g/mol. The van der Waals surface area contributed by atoms with Crippen LogP contribution < -0.4 is 10.6 Å². The average molecular weight is 318 g/mol. The Morgan fingerprint density at radius 1 is 0.875 bits per heavy atom. The molecule has 0 amide bonds. The summed E-state index contributed by atoms with van der Waals surface area (Å²) in [6, 6.07) is 19.1. The number of nitrogens with zero attached hydrogens (tertiary/aromatic N) is 2. The van der Waals surface area contributed by atoms with Crippen LogP contribution in [0.4, 0.5) is 11.8 Å². The van der Waals surface area contributed by atoms with Crippen molar-refractivity contribution in [1.29, 1.82) is 0 Å². The molecule has 4 heteroatoms. The molecule has 1 heterocycles. The summed E-state index contributed by atoms with van der Waals surface area (Å²) < 4.78 is 0. The second-order valence-electron chi connectivity index (χ2n) is 6.38. The minimum Gasteiger partial charge on any atom is -0.365 e. The van der Waals surface area contributed by atoms with Gasteiger partial charge in [-0.2, -0.15) is 4.98 Å². The monoisotopic (exact) mass is 318 g/mol. The molecular formula is C20H22N4. The number of hydrogen-bond donors (Lipinski definition) is 2. The number of anilines is 2. The largest absolute Gasteiger partial charge is 0.365 e. The summed E-state index contributed by atoms with van der Waals surface area (Å²) in [7, 11) is 0. The van der Waals surface area contributed by atoms with Gasteiger partial charge in [0.2, 0.25) is 5.95 Å². The minimum atomic E-state index is 0.508. The fraction of sp³-hybridized carbons (Fsp3) is 0.300. The summed E-state index contributed by atoms with van der Waals surface area (Å²) in [5, 5.41) is 8.05. The van der Waals surface area contributed by atoms with E-state index in [1.807, 2.05) is 24.3 Å². The van der Waals surface area contributed by atoms with E-state index in [0.717, 1.165) is 29.2 Å². The lowest BCUT2D eigenvalue weighted by Crippen LogP contribution is -2.17. The summed E-state index contributed by atoms with van der Waals surface area (Å²) in [6.07, 6.45) is 5.01. The van der Waals surface area contributed by atoms with Crippen LogP contribution in [-0.4, -0.2) is 16.0 Å². The first-order valence-corrected chi connectivity index (χ1v) is 8.69. The van der Waals surface area contributed by atoms with Crippen molar-refractivity contribution in [3.05, 3.63) is 60.2 Å². The fourth-order valence-electron chi connectivity index (χ4n) is 3.31. The molecule has 2 aromatic carbocycles. The summed E-state index contributed by atoms with van der Waals surface area (Å²) in [4.78, 5) is 9.44. The molecule has 0 unspecified atom stereocenters. The average Bonchev–Trinajstić information content (AvgIpc) is 3.13. The van der Waals surface area contributed by atoms with E-state index in [2.05, 4.69) is 41.0 Å². The molecule has 0 bridgehead atoms. The standard InChI is InChI=1S/C20H22N4/c1-2-8-15(9-3-1)14-21-19-17-12-6-7-13-18(17)23-20(24-19)22-16-10-4-5-11-16/h1-3,6-9,12-13,16H,4-5,10-11,14H2,(H2,21,22,23,24). The maximum Gasteiger partial charge on any atom is 0.225 e. The lowest BCUT2D eigenvalue weighted by atomic mass is 10.2. The Hall–Kier alpha value is -2.62. The van der Waals surface area contributed by atoms with Gasteiger partial charge in [-0.25, -0.2) is 4.98 Å². The first kappa shape index (κ1) is 14.9. The third-order valence-corrected chi connectivity index (χ3v) is 4.59. The Balaban J connectivity index is 1.61. The van der Waals surface area contributed by atoms with Crippen molar-refractivity contribution in [1.82, 2.24) is 9.97 Å². The molecule has 0 spiro atoms. The van der Waals surface area contributed by atoms with Crippen molar-refractivity contribution in [3.8, 4) is 0 Å². The van der Waals surface area contributed by atoms with Crippen molar-refractivity contribution in [2.45, 2.75) is 38.3 Å². The first-order valence-electron chi connectivity index (χ1n) is 8.69. The van der Waals surface area contributed by atoms with E-state index >= 15 is 0 Å². The molecule has 0 saturated heterocycles. The molecule has 1 aliphatic carbocycles. The topological polar surface area (TPSA) is 49.8 Å². The van der Waals surface area contributed by atoms with Crippen LogP contribution in [0.1, 0.15) is 31.2 Å². The molecule has 0 atom stereocenters. The van der Waals surface area contributed by atoms with Crippen LogP contribution in [0.5, 0.6) is 0 Å². The zero-order valence-electron chi connectivity index (χ0n) is 13.7. The number of para-hydroxylation sites is 1. The number of nitrogens with one attached hydrogen (secondary N) is 2. The van der Waals surface area contributed by atoms with Crippen LogP contribution in [0.2, 0.25) is 0 Å². The number of rotatable bonds is 5. The van der Waals surface area contributed by atoms with Gasteiger partial charge >= 0.3 is 0 Å². The summed E-state index contributed by atoms with van der Waals surface area (Å²) >= 11 is 0. The van der Waals surface area contributed by atoms with Crippen LogP contribution in [0, 0.1) is 0 Å². The molecule has 4 rings (SSSR count). The van der Waals surface area contributed by atoms with Gasteiger partial charge in [-0.15, -0.1) is 0 Å². The molecule has 122 valence electrons. The number of fused-ring (bicyclic) bond motifs is 1. The van der Waals surface area contributed by atoms with Crippen LogP contribution in [-0.2, 0) is 6.54 Å². The lowest BCUT2D eigenvalue weighted by Gasteiger charge is -2.15. The molecule has 3 aromatic rings. The Kier molecular flexibility index (Phi) is 4.28. The molecule has 1 aliphatic rings. The minimum absolute atomic E-state index is 0.508. The fourth-order valence-corrected chi connectivity index (χ4v) is 3.31. The van der Waals surface area contributed by atoms with Gasteiger partial charge in [0.25, 0.3) is 0 Å². The maximum atomic E-state index is 4.75. The Bertz CT molecular complexity index is 810. The van der Waals surface area contributed by atoms with E-state index in [4.69, 9.17) is 9.97 Å². The second-order valence-corrected chi connectivity index (χ2v) is 6.38. The van der Waals surface area contributed by atoms with Crippen LogP contribution in [0.15, 0.2) is 54.6 Å². The highest BCUT2D eigenvalue weighted by atomic mass is 15.2. The predicted molar refractivity (Wildman–Crippen MR) is 99.2 cm³/mol. The van der Waals surface area contributed by atoms with Gasteiger partial charge in [-0.1, -0.05) is 55.3 Å². The third kappa shape index (κ3) is 3.32. The Morgan fingerprint density at radius 3 is 2.46 bits per heavy atom. The number of aromatic nitrogens is 2. The zero-order valence-corrected chi connectivity index (χ0v) is 13.7. The molecule has 1 saturated carbocycles. The molecule has 1 fully saturated rings. The van der Waals surface area contributed by atoms with Gasteiger partial charge < -0.3 is 10.6 Å². The van der Waals surface area contributed by atoms with Gasteiger partial charge in [0.1, 0.15) is 5.82 Å². The highest BCUT2D eigenvalue weighted by Crippen LogP contribution is 2.25. The summed E-state index contributed by atoms with van der Waals surface area (Å²) in [6.45, 7) is 0.755. The van der Waals surface area contributed by atoms with E-state index in [1.165, 1.54) is 31.2 Å². The highest BCUT2D eigenvalue weighted by molar-refractivity contribution is 5.90. The van der Waals surface area contributed by atoms with E-state index in [1.54, 1.807) is 0 Å².